The highest BCUT2D eigenvalue weighted by molar-refractivity contribution is 6.31. The number of ether oxygens (including phenoxy) is 1. The molecule has 0 saturated carbocycles. The van der Waals surface area contributed by atoms with Gasteiger partial charge >= 0.3 is 6.09 Å². The van der Waals surface area contributed by atoms with Crippen LogP contribution in [0.4, 0.5) is 10.6 Å². The minimum Gasteiger partial charge on any atom is -0.444 e. The molecule has 222 valence electrons. The fourth-order valence-electron chi connectivity index (χ4n) is 5.68. The van der Waals surface area contributed by atoms with E-state index in [9.17, 15) is 9.59 Å². The number of nitrogens with one attached hydrogen (secondary N) is 1. The highest BCUT2D eigenvalue weighted by Gasteiger charge is 2.33. The van der Waals surface area contributed by atoms with Crippen LogP contribution in [0.25, 0.3) is 16.1 Å². The van der Waals surface area contributed by atoms with E-state index < -0.39 is 11.7 Å². The Bertz CT molecular complexity index is 1540. The highest BCUT2D eigenvalue weighted by atomic mass is 35.5. The van der Waals surface area contributed by atoms with E-state index in [0.29, 0.717) is 34.9 Å². The summed E-state index contributed by atoms with van der Waals surface area (Å²) in [6, 6.07) is 6.75. The molecule has 2 aliphatic heterocycles. The van der Waals surface area contributed by atoms with Gasteiger partial charge in [-0.2, -0.15) is 5.10 Å². The number of halogens is 1. The zero-order valence-electron chi connectivity index (χ0n) is 24.4. The second kappa shape index (κ2) is 12.1. The first-order valence-electron chi connectivity index (χ1n) is 14.2. The third kappa shape index (κ3) is 6.55. The van der Waals surface area contributed by atoms with E-state index >= 15 is 0 Å². The average Bonchev–Trinajstić information content (AvgIpc) is 3.57. The maximum atomic E-state index is 13.8. The lowest BCUT2D eigenvalue weighted by Crippen LogP contribution is -2.40. The second-order valence-corrected chi connectivity index (χ2v) is 12.3. The van der Waals surface area contributed by atoms with Gasteiger partial charge in [0, 0.05) is 53.0 Å². The molecule has 13 heteroatoms. The topological polar surface area (TPSA) is 141 Å². The molecule has 0 spiro atoms. The molecule has 3 aromatic rings. The molecule has 4 heterocycles. The summed E-state index contributed by atoms with van der Waals surface area (Å²) in [4.78, 5) is 37.9. The van der Waals surface area contributed by atoms with Crippen molar-refractivity contribution in [1.29, 1.82) is 0 Å². The van der Waals surface area contributed by atoms with Crippen LogP contribution in [0.3, 0.4) is 0 Å². The van der Waals surface area contributed by atoms with Crippen LogP contribution in [0.15, 0.2) is 35.6 Å². The lowest BCUT2D eigenvalue weighted by Gasteiger charge is -2.35. The number of fused-ring (bicyclic) bond motifs is 1. The number of hydrogen-bond donors (Lipinski definition) is 1. The summed E-state index contributed by atoms with van der Waals surface area (Å²) in [6.45, 7) is 9.58. The van der Waals surface area contributed by atoms with Crippen molar-refractivity contribution < 1.29 is 14.3 Å². The fourth-order valence-corrected chi connectivity index (χ4v) is 5.85. The number of carbonyl (C=O) groups excluding carboxylic acids is 2. The molecule has 42 heavy (non-hydrogen) atoms. The van der Waals surface area contributed by atoms with E-state index in [2.05, 4.69) is 20.2 Å². The van der Waals surface area contributed by atoms with Gasteiger partial charge in [-0.15, -0.1) is 0 Å². The van der Waals surface area contributed by atoms with Gasteiger partial charge < -0.3 is 19.9 Å². The van der Waals surface area contributed by atoms with E-state index in [4.69, 9.17) is 32.0 Å². The second-order valence-electron chi connectivity index (χ2n) is 11.9. The van der Waals surface area contributed by atoms with Crippen LogP contribution in [-0.2, 0) is 11.3 Å². The van der Waals surface area contributed by atoms with E-state index in [1.165, 1.54) is 0 Å². The number of benzene rings is 1. The van der Waals surface area contributed by atoms with Crippen LogP contribution in [0.1, 0.15) is 79.7 Å². The van der Waals surface area contributed by atoms with Crippen molar-refractivity contribution in [3.8, 4) is 0 Å². The quantitative estimate of drug-likeness (QED) is 0.212. The van der Waals surface area contributed by atoms with Gasteiger partial charge in [-0.05, 0) is 76.6 Å². The predicted octanol–water partition coefficient (Wildman–Crippen LogP) is 5.97. The van der Waals surface area contributed by atoms with Crippen LogP contribution in [0.5, 0.6) is 0 Å². The molecule has 2 aromatic heterocycles. The molecule has 0 bridgehead atoms. The van der Waals surface area contributed by atoms with Crippen molar-refractivity contribution in [3.63, 3.8) is 0 Å². The molecule has 0 unspecified atom stereocenters. The van der Waals surface area contributed by atoms with Gasteiger partial charge in [0.05, 0.1) is 24.3 Å². The third-order valence-electron chi connectivity index (χ3n) is 7.54. The Labute approximate surface area is 249 Å². The smallest absolute Gasteiger partial charge is 0.407 e. The number of carbonyl (C=O) groups is 2. The number of aryl methyl sites for hydroxylation is 1. The molecule has 2 atom stereocenters. The normalized spacial score (nSPS) is 19.1. The maximum Gasteiger partial charge on any atom is 0.407 e. The number of likely N-dealkylation sites (tertiary alicyclic amines) is 1. The van der Waals surface area contributed by atoms with Crippen molar-refractivity contribution in [2.45, 2.75) is 77.6 Å². The van der Waals surface area contributed by atoms with Gasteiger partial charge in [0.25, 0.3) is 5.91 Å². The standard InChI is InChI=1S/C29H36ClN9O3/c1-18-16-39-25(34-26(18)37-12-10-21(17-37)33-28(41)42-29(2,3)4)14-23(35-39)24-7-5-6-11-38(24)27(40)22-13-20(30)9-8-19(22)15-32-36-31/h8-9,13-14,16,21,24H,5-7,10-12,15,17H2,1-4H3,(H,33,41)/t21-,24-/m0/s1. The molecule has 5 rings (SSSR count). The Kier molecular flexibility index (Phi) is 8.47. The lowest BCUT2D eigenvalue weighted by molar-refractivity contribution is 0.0508. The summed E-state index contributed by atoms with van der Waals surface area (Å²) < 4.78 is 7.18. The summed E-state index contributed by atoms with van der Waals surface area (Å²) in [5, 5.41) is 11.9. The summed E-state index contributed by atoms with van der Waals surface area (Å²) in [7, 11) is 0. The van der Waals surface area contributed by atoms with Crippen LogP contribution < -0.4 is 10.2 Å². The minimum atomic E-state index is -0.549. The summed E-state index contributed by atoms with van der Waals surface area (Å²) in [6.07, 6.45) is 4.97. The zero-order valence-corrected chi connectivity index (χ0v) is 25.1. The van der Waals surface area contributed by atoms with Gasteiger partial charge in [-0.1, -0.05) is 22.8 Å². The molecule has 1 aromatic carbocycles. The monoisotopic (exact) mass is 593 g/mol. The SMILES string of the molecule is Cc1cn2nc([C@@H]3CCCCN3C(=O)c3cc(Cl)ccc3CN=[N+]=[N-])cc2nc1N1CC[C@H](NC(=O)OC(C)(C)C)C1. The molecule has 0 radical (unpaired) electrons. The Morgan fingerprint density at radius 3 is 2.79 bits per heavy atom. The minimum absolute atomic E-state index is 0.0326. The van der Waals surface area contributed by atoms with Crippen LogP contribution in [0.2, 0.25) is 5.02 Å². The highest BCUT2D eigenvalue weighted by Crippen LogP contribution is 2.34. The van der Waals surface area contributed by atoms with Crippen molar-refractivity contribution in [2.75, 3.05) is 24.5 Å². The van der Waals surface area contributed by atoms with Crippen LogP contribution in [0, 0.1) is 6.92 Å². The number of azide groups is 1. The first-order chi connectivity index (χ1) is 20.0. The van der Waals surface area contributed by atoms with Crippen LogP contribution >= 0.6 is 11.6 Å². The number of piperidine rings is 1. The Morgan fingerprint density at radius 1 is 1.21 bits per heavy atom. The Balaban J connectivity index is 1.37. The van der Waals surface area contributed by atoms with E-state index in [1.54, 1.807) is 22.7 Å². The Hall–Kier alpha value is -4.02. The predicted molar refractivity (Wildman–Crippen MR) is 160 cm³/mol. The summed E-state index contributed by atoms with van der Waals surface area (Å²) >= 11 is 6.25. The lowest BCUT2D eigenvalue weighted by atomic mass is 9.97. The summed E-state index contributed by atoms with van der Waals surface area (Å²) in [5.41, 5.74) is 11.8. The first kappa shape index (κ1) is 29.5. The number of hydrogen-bond acceptors (Lipinski definition) is 7. The molecule has 2 aliphatic rings. The number of alkyl carbamates (subject to hydrolysis) is 1. The molecular weight excluding hydrogens is 558 g/mol. The van der Waals surface area contributed by atoms with Gasteiger partial charge in [0.15, 0.2) is 5.65 Å². The van der Waals surface area contributed by atoms with Gasteiger partial charge in [-0.25, -0.2) is 14.3 Å². The number of aromatic nitrogens is 3. The number of rotatable bonds is 6. The molecule has 1 N–H and O–H groups in total. The largest absolute Gasteiger partial charge is 0.444 e. The molecule has 2 fully saturated rings. The first-order valence-corrected chi connectivity index (χ1v) is 14.6. The van der Waals surface area contributed by atoms with E-state index in [-0.39, 0.29) is 24.5 Å². The van der Waals surface area contributed by atoms with E-state index in [0.717, 1.165) is 49.3 Å². The van der Waals surface area contributed by atoms with Crippen LogP contribution in [-0.4, -0.2) is 62.8 Å². The van der Waals surface area contributed by atoms with Gasteiger partial charge in [0.2, 0.25) is 0 Å². The van der Waals surface area contributed by atoms with Crippen molar-refractivity contribution in [1.82, 2.24) is 24.8 Å². The molecule has 12 nitrogen and oxygen atoms in total. The molecule has 2 amide bonds. The molecular formula is C29H36ClN9O3. The Morgan fingerprint density at radius 2 is 2.02 bits per heavy atom. The van der Waals surface area contributed by atoms with Crippen molar-refractivity contribution >= 4 is 35.1 Å². The van der Waals surface area contributed by atoms with Crippen molar-refractivity contribution in [2.24, 2.45) is 5.11 Å². The molecule has 0 aliphatic carbocycles. The molecule has 2 saturated heterocycles. The summed E-state index contributed by atoms with van der Waals surface area (Å²) in [5.74, 6) is 0.688. The number of nitrogens with zero attached hydrogens (tertiary/aromatic N) is 8. The van der Waals surface area contributed by atoms with Gasteiger partial charge in [0.1, 0.15) is 11.4 Å². The number of anilines is 1. The number of amides is 2. The fraction of sp³-hybridized carbons (Fsp3) is 0.517. The zero-order chi connectivity index (χ0) is 30.0. The van der Waals surface area contributed by atoms with Crippen molar-refractivity contribution in [3.05, 3.63) is 68.3 Å². The average molecular weight is 594 g/mol. The third-order valence-corrected chi connectivity index (χ3v) is 7.78. The maximum absolute atomic E-state index is 13.8. The van der Waals surface area contributed by atoms with E-state index in [1.807, 2.05) is 44.9 Å². The van der Waals surface area contributed by atoms with Gasteiger partial charge in [-0.3, -0.25) is 4.79 Å².